The number of hydrazone groups is 1. The van der Waals surface area contributed by atoms with E-state index in [4.69, 9.17) is 0 Å². The molecule has 0 radical (unpaired) electrons. The van der Waals surface area contributed by atoms with E-state index in [1.54, 1.807) is 20.0 Å². The first-order valence-corrected chi connectivity index (χ1v) is 7.40. The Labute approximate surface area is 131 Å². The Balaban J connectivity index is 1.69. The van der Waals surface area contributed by atoms with Gasteiger partial charge in [0.1, 0.15) is 17.6 Å². The van der Waals surface area contributed by atoms with Crippen molar-refractivity contribution in [3.05, 3.63) is 11.8 Å². The van der Waals surface area contributed by atoms with E-state index in [9.17, 15) is 9.59 Å². The SMILES string of the molecule is Cc1cc(NC(=O)C2CC2)n(C2=NC(=O)C3C=NN(C)C3=N2)n1. The number of rotatable bonds is 2. The van der Waals surface area contributed by atoms with Crippen molar-refractivity contribution in [1.82, 2.24) is 14.8 Å². The zero-order valence-electron chi connectivity index (χ0n) is 12.7. The Kier molecular flexibility index (Phi) is 2.90. The molecule has 0 saturated heterocycles. The molecule has 0 aromatic carbocycles. The van der Waals surface area contributed by atoms with Gasteiger partial charge in [-0.15, -0.1) is 0 Å². The molecule has 1 N–H and O–H groups in total. The predicted octanol–water partition coefficient (Wildman–Crippen LogP) is 0.230. The zero-order chi connectivity index (χ0) is 16.1. The van der Waals surface area contributed by atoms with Crippen molar-refractivity contribution in [2.75, 3.05) is 12.4 Å². The Morgan fingerprint density at radius 1 is 1.35 bits per heavy atom. The molecule has 1 aromatic rings. The summed E-state index contributed by atoms with van der Waals surface area (Å²) >= 11 is 0. The molecule has 1 aliphatic carbocycles. The van der Waals surface area contributed by atoms with E-state index < -0.39 is 5.92 Å². The molecule has 1 saturated carbocycles. The summed E-state index contributed by atoms with van der Waals surface area (Å²) in [6.07, 6.45) is 3.33. The molecular formula is C14H15N7O2. The Hall–Kier alpha value is -2.84. The maximum absolute atomic E-state index is 12.1. The van der Waals surface area contributed by atoms with E-state index in [2.05, 4.69) is 25.5 Å². The van der Waals surface area contributed by atoms with E-state index in [-0.39, 0.29) is 23.7 Å². The number of amidine groups is 1. The first kappa shape index (κ1) is 13.8. The second-order valence-corrected chi connectivity index (χ2v) is 5.83. The number of fused-ring (bicyclic) bond motifs is 1. The van der Waals surface area contributed by atoms with Gasteiger partial charge in [-0.1, -0.05) is 0 Å². The number of aliphatic imine (C=N–C) groups is 2. The van der Waals surface area contributed by atoms with Crippen LogP contribution in [0.25, 0.3) is 0 Å². The molecule has 1 unspecified atom stereocenters. The molecular weight excluding hydrogens is 298 g/mol. The number of aromatic nitrogens is 2. The summed E-state index contributed by atoms with van der Waals surface area (Å²) in [5, 5.41) is 12.7. The predicted molar refractivity (Wildman–Crippen MR) is 83.3 cm³/mol. The van der Waals surface area contributed by atoms with Crippen LogP contribution in [0.3, 0.4) is 0 Å². The van der Waals surface area contributed by atoms with Crippen LogP contribution in [0.5, 0.6) is 0 Å². The molecule has 9 nitrogen and oxygen atoms in total. The molecule has 9 heteroatoms. The topological polar surface area (TPSA) is 104 Å². The number of nitrogens with one attached hydrogen (secondary N) is 1. The lowest BCUT2D eigenvalue weighted by molar-refractivity contribution is -0.118. The maximum atomic E-state index is 12.1. The highest BCUT2D eigenvalue weighted by atomic mass is 16.2. The molecule has 1 fully saturated rings. The van der Waals surface area contributed by atoms with Gasteiger partial charge < -0.3 is 5.32 Å². The van der Waals surface area contributed by atoms with Gasteiger partial charge in [-0.25, -0.2) is 0 Å². The van der Waals surface area contributed by atoms with Crippen molar-refractivity contribution in [2.24, 2.45) is 26.9 Å². The van der Waals surface area contributed by atoms with Crippen molar-refractivity contribution in [2.45, 2.75) is 19.8 Å². The summed E-state index contributed by atoms with van der Waals surface area (Å²) in [4.78, 5) is 32.5. The molecule has 3 heterocycles. The quantitative estimate of drug-likeness (QED) is 0.843. The summed E-state index contributed by atoms with van der Waals surface area (Å²) in [6, 6.07) is 1.73. The highest BCUT2D eigenvalue weighted by Gasteiger charge is 2.35. The number of hydrogen-bond acceptors (Lipinski definition) is 6. The van der Waals surface area contributed by atoms with E-state index in [1.165, 1.54) is 15.9 Å². The largest absolute Gasteiger partial charge is 0.310 e. The molecule has 23 heavy (non-hydrogen) atoms. The number of aryl methyl sites for hydroxylation is 1. The number of anilines is 1. The first-order valence-electron chi connectivity index (χ1n) is 7.40. The molecule has 3 aliphatic rings. The standard InChI is InChI=1S/C14H15N7O2/c1-7-5-10(16-12(22)8-3-4-8)21(19-7)14-17-11-9(13(23)18-14)6-15-20(11)2/h5-6,8-9H,3-4H2,1-2H3,(H,16,22). The molecule has 2 aliphatic heterocycles. The second-order valence-electron chi connectivity index (χ2n) is 5.83. The minimum absolute atomic E-state index is 0.0410. The summed E-state index contributed by atoms with van der Waals surface area (Å²) in [5.74, 6) is 0.260. The lowest BCUT2D eigenvalue weighted by atomic mass is 10.1. The first-order chi connectivity index (χ1) is 11.0. The Bertz CT molecular complexity index is 800. The van der Waals surface area contributed by atoms with Crippen LogP contribution in [0.15, 0.2) is 21.2 Å². The number of hydrogen-bond donors (Lipinski definition) is 1. The maximum Gasteiger partial charge on any atom is 0.265 e. The Morgan fingerprint density at radius 3 is 2.87 bits per heavy atom. The van der Waals surface area contributed by atoms with Crippen LogP contribution in [0.1, 0.15) is 18.5 Å². The van der Waals surface area contributed by atoms with Gasteiger partial charge in [0.15, 0.2) is 0 Å². The molecule has 4 rings (SSSR count). The fourth-order valence-corrected chi connectivity index (χ4v) is 2.51. The lowest BCUT2D eigenvalue weighted by Gasteiger charge is -2.17. The van der Waals surface area contributed by atoms with Crippen LogP contribution in [0.4, 0.5) is 5.82 Å². The van der Waals surface area contributed by atoms with Gasteiger partial charge in [0.2, 0.25) is 5.91 Å². The highest BCUT2D eigenvalue weighted by Crippen LogP contribution is 2.30. The van der Waals surface area contributed by atoms with Crippen LogP contribution in [0.2, 0.25) is 0 Å². The zero-order valence-corrected chi connectivity index (χ0v) is 12.7. The second kappa shape index (κ2) is 4.83. The molecule has 1 atom stereocenters. The van der Waals surface area contributed by atoms with Crippen LogP contribution < -0.4 is 5.32 Å². The highest BCUT2D eigenvalue weighted by molar-refractivity contribution is 6.24. The van der Waals surface area contributed by atoms with Crippen molar-refractivity contribution < 1.29 is 9.59 Å². The monoisotopic (exact) mass is 313 g/mol. The van der Waals surface area contributed by atoms with Gasteiger partial charge in [-0.05, 0) is 19.8 Å². The molecule has 0 bridgehead atoms. The molecule has 2 amide bonds. The third-order valence-corrected chi connectivity index (χ3v) is 3.91. The number of amides is 2. The third-order valence-electron chi connectivity index (χ3n) is 3.91. The number of carbonyl (C=O) groups excluding carboxylic acids is 2. The molecule has 118 valence electrons. The smallest absolute Gasteiger partial charge is 0.265 e. The number of nitrogens with zero attached hydrogens (tertiary/aromatic N) is 6. The van der Waals surface area contributed by atoms with E-state index in [1.807, 2.05) is 0 Å². The van der Waals surface area contributed by atoms with E-state index in [0.717, 1.165) is 12.8 Å². The summed E-state index contributed by atoms with van der Waals surface area (Å²) in [6.45, 7) is 1.80. The average molecular weight is 313 g/mol. The molecule has 0 spiro atoms. The third kappa shape index (κ3) is 2.33. The van der Waals surface area contributed by atoms with Gasteiger partial charge in [-0.3, -0.25) is 14.6 Å². The van der Waals surface area contributed by atoms with Crippen LogP contribution in [-0.4, -0.2) is 51.7 Å². The Morgan fingerprint density at radius 2 is 2.13 bits per heavy atom. The lowest BCUT2D eigenvalue weighted by Crippen LogP contribution is -2.35. The van der Waals surface area contributed by atoms with Crippen LogP contribution in [0, 0.1) is 18.8 Å². The minimum Gasteiger partial charge on any atom is -0.310 e. The van der Waals surface area contributed by atoms with E-state index >= 15 is 0 Å². The van der Waals surface area contributed by atoms with Crippen LogP contribution >= 0.6 is 0 Å². The van der Waals surface area contributed by atoms with Crippen molar-refractivity contribution in [3.8, 4) is 0 Å². The summed E-state index contributed by atoms with van der Waals surface area (Å²) < 4.78 is 1.39. The minimum atomic E-state index is -0.537. The average Bonchev–Trinajstić information content (AvgIpc) is 3.21. The van der Waals surface area contributed by atoms with Crippen molar-refractivity contribution in [1.29, 1.82) is 0 Å². The van der Waals surface area contributed by atoms with Crippen molar-refractivity contribution >= 4 is 35.6 Å². The van der Waals surface area contributed by atoms with Crippen molar-refractivity contribution in [3.63, 3.8) is 0 Å². The summed E-state index contributed by atoms with van der Waals surface area (Å²) in [7, 11) is 1.72. The van der Waals surface area contributed by atoms with Gasteiger partial charge in [0.05, 0.1) is 5.69 Å². The fourth-order valence-electron chi connectivity index (χ4n) is 2.51. The van der Waals surface area contributed by atoms with E-state index in [0.29, 0.717) is 17.3 Å². The van der Waals surface area contributed by atoms with Gasteiger partial charge in [0.25, 0.3) is 11.9 Å². The fraction of sp³-hybridized carbons (Fsp3) is 0.429. The number of carbonyl (C=O) groups is 2. The molecule has 1 aromatic heterocycles. The van der Waals surface area contributed by atoms with Gasteiger partial charge in [0, 0.05) is 25.2 Å². The summed E-state index contributed by atoms with van der Waals surface area (Å²) in [5.41, 5.74) is 0.699. The van der Waals surface area contributed by atoms with Gasteiger partial charge >= 0.3 is 0 Å². The normalized spacial score (nSPS) is 22.8. The van der Waals surface area contributed by atoms with Crippen LogP contribution in [-0.2, 0) is 9.59 Å². The van der Waals surface area contributed by atoms with Gasteiger partial charge in [-0.2, -0.15) is 24.9 Å².